The lowest BCUT2D eigenvalue weighted by atomic mass is 10.2. The minimum absolute atomic E-state index is 0.0223. The van der Waals surface area contributed by atoms with Crippen molar-refractivity contribution >= 4 is 33.4 Å². The summed E-state index contributed by atoms with van der Waals surface area (Å²) in [5, 5.41) is 3.04. The number of rotatable bonds is 2. The number of carbonyl (C=O) groups excluding carboxylic acids is 1. The van der Waals surface area contributed by atoms with E-state index in [0.717, 1.165) is 40.1 Å². The molecule has 2 heterocycles. The van der Waals surface area contributed by atoms with E-state index in [-0.39, 0.29) is 12.1 Å². The molecule has 0 bridgehead atoms. The van der Waals surface area contributed by atoms with Crippen molar-refractivity contribution in [2.24, 2.45) is 0 Å². The Morgan fingerprint density at radius 2 is 2.04 bits per heavy atom. The molecule has 0 N–H and O–H groups in total. The first-order chi connectivity index (χ1) is 11.3. The van der Waals surface area contributed by atoms with Crippen LogP contribution in [0.3, 0.4) is 0 Å². The molecule has 128 valence electrons. The largest absolute Gasteiger partial charge is 0.444 e. The lowest BCUT2D eigenvalue weighted by molar-refractivity contribution is 0.0224. The van der Waals surface area contributed by atoms with Gasteiger partial charge >= 0.3 is 6.09 Å². The van der Waals surface area contributed by atoms with Crippen molar-refractivity contribution in [3.63, 3.8) is 0 Å². The van der Waals surface area contributed by atoms with Gasteiger partial charge in [-0.1, -0.05) is 28.1 Å². The number of likely N-dealkylation sites (tertiary alicyclic amines) is 1. The molecule has 0 radical (unpaired) electrons. The summed E-state index contributed by atoms with van der Waals surface area (Å²) in [6, 6.07) is 8.13. The third-order valence-corrected chi connectivity index (χ3v) is 5.30. The Balaban J connectivity index is 1.78. The molecule has 1 aliphatic heterocycles. The lowest BCUT2D eigenvalue weighted by Crippen LogP contribution is -2.36. The van der Waals surface area contributed by atoms with Crippen molar-refractivity contribution in [2.75, 3.05) is 6.54 Å². The zero-order valence-electron chi connectivity index (χ0n) is 14.1. The Bertz CT molecular complexity index is 721. The van der Waals surface area contributed by atoms with E-state index in [1.807, 2.05) is 49.9 Å². The highest BCUT2D eigenvalue weighted by Crippen LogP contribution is 2.36. The second kappa shape index (κ2) is 6.84. The van der Waals surface area contributed by atoms with Gasteiger partial charge in [-0.3, -0.25) is 4.90 Å². The second-order valence-corrected chi connectivity index (χ2v) is 8.71. The van der Waals surface area contributed by atoms with Crippen LogP contribution in [-0.2, 0) is 4.74 Å². The molecular formula is C18H21BrN2O2S. The van der Waals surface area contributed by atoms with Gasteiger partial charge in [0.05, 0.1) is 11.7 Å². The highest BCUT2D eigenvalue weighted by atomic mass is 79.9. The van der Waals surface area contributed by atoms with Gasteiger partial charge in [0.2, 0.25) is 0 Å². The van der Waals surface area contributed by atoms with E-state index >= 15 is 0 Å². The molecule has 1 amide bonds. The molecule has 1 atom stereocenters. The van der Waals surface area contributed by atoms with Crippen LogP contribution >= 0.6 is 27.3 Å². The van der Waals surface area contributed by atoms with Gasteiger partial charge in [0.25, 0.3) is 0 Å². The molecule has 0 spiro atoms. The van der Waals surface area contributed by atoms with Crippen LogP contribution in [0.4, 0.5) is 4.79 Å². The predicted molar refractivity (Wildman–Crippen MR) is 100 cm³/mol. The molecule has 3 rings (SSSR count). The summed E-state index contributed by atoms with van der Waals surface area (Å²) in [4.78, 5) is 19.0. The molecule has 0 saturated carbocycles. The van der Waals surface area contributed by atoms with Crippen LogP contribution in [0.5, 0.6) is 0 Å². The van der Waals surface area contributed by atoms with Gasteiger partial charge in [0.1, 0.15) is 10.6 Å². The zero-order chi connectivity index (χ0) is 17.3. The van der Waals surface area contributed by atoms with Crippen molar-refractivity contribution in [1.29, 1.82) is 0 Å². The number of carbonyl (C=O) groups is 1. The molecule has 24 heavy (non-hydrogen) atoms. The van der Waals surface area contributed by atoms with E-state index in [1.54, 1.807) is 11.3 Å². The van der Waals surface area contributed by atoms with Crippen molar-refractivity contribution in [3.05, 3.63) is 39.1 Å². The van der Waals surface area contributed by atoms with Crippen LogP contribution < -0.4 is 0 Å². The highest BCUT2D eigenvalue weighted by Gasteiger charge is 2.34. The number of hydrogen-bond donors (Lipinski definition) is 0. The topological polar surface area (TPSA) is 42.4 Å². The number of hydrogen-bond acceptors (Lipinski definition) is 4. The van der Waals surface area contributed by atoms with E-state index in [4.69, 9.17) is 9.72 Å². The number of amides is 1. The Labute approximate surface area is 155 Å². The van der Waals surface area contributed by atoms with E-state index < -0.39 is 5.60 Å². The van der Waals surface area contributed by atoms with Gasteiger partial charge in [-0.25, -0.2) is 9.78 Å². The summed E-state index contributed by atoms with van der Waals surface area (Å²) in [6.45, 7) is 6.41. The van der Waals surface area contributed by atoms with Crippen molar-refractivity contribution < 1.29 is 9.53 Å². The summed E-state index contributed by atoms with van der Waals surface area (Å²) in [7, 11) is 0. The van der Waals surface area contributed by atoms with Gasteiger partial charge in [-0.2, -0.15) is 0 Å². The molecule has 1 saturated heterocycles. The van der Waals surface area contributed by atoms with Crippen LogP contribution in [0, 0.1) is 0 Å². The maximum atomic E-state index is 12.4. The quantitative estimate of drug-likeness (QED) is 0.644. The summed E-state index contributed by atoms with van der Waals surface area (Å²) in [6.07, 6.45) is 1.68. The predicted octanol–water partition coefficient (Wildman–Crippen LogP) is 5.64. The zero-order valence-corrected chi connectivity index (χ0v) is 16.5. The van der Waals surface area contributed by atoms with Gasteiger partial charge in [-0.15, -0.1) is 11.3 Å². The van der Waals surface area contributed by atoms with Crippen molar-refractivity contribution in [3.8, 4) is 11.3 Å². The SMILES string of the molecule is CC(C)(C)OC(=O)N1CCC[C@H]1c1nc(-c2ccc(Br)cc2)cs1. The Morgan fingerprint density at radius 3 is 2.71 bits per heavy atom. The van der Waals surface area contributed by atoms with Crippen LogP contribution in [0.25, 0.3) is 11.3 Å². The average Bonchev–Trinajstić information content (AvgIpc) is 3.15. The summed E-state index contributed by atoms with van der Waals surface area (Å²) >= 11 is 5.06. The molecular weight excluding hydrogens is 388 g/mol. The maximum absolute atomic E-state index is 12.4. The van der Waals surface area contributed by atoms with E-state index in [0.29, 0.717) is 0 Å². The monoisotopic (exact) mass is 408 g/mol. The third kappa shape index (κ3) is 3.98. The molecule has 1 aromatic heterocycles. The number of benzene rings is 1. The van der Waals surface area contributed by atoms with E-state index in [2.05, 4.69) is 21.3 Å². The van der Waals surface area contributed by atoms with E-state index in [1.165, 1.54) is 0 Å². The molecule has 2 aromatic rings. The molecule has 4 nitrogen and oxygen atoms in total. The second-order valence-electron chi connectivity index (χ2n) is 6.91. The summed E-state index contributed by atoms with van der Waals surface area (Å²) in [5.41, 5.74) is 1.57. The number of ether oxygens (including phenoxy) is 1. The normalized spacial score (nSPS) is 18.0. The molecule has 1 aromatic carbocycles. The average molecular weight is 409 g/mol. The van der Waals surface area contributed by atoms with Gasteiger partial charge in [0.15, 0.2) is 0 Å². The van der Waals surface area contributed by atoms with Crippen LogP contribution in [0.2, 0.25) is 0 Å². The molecule has 1 aliphatic rings. The van der Waals surface area contributed by atoms with Crippen molar-refractivity contribution in [1.82, 2.24) is 9.88 Å². The maximum Gasteiger partial charge on any atom is 0.410 e. The summed E-state index contributed by atoms with van der Waals surface area (Å²) in [5.74, 6) is 0. The molecule has 1 fully saturated rings. The van der Waals surface area contributed by atoms with Crippen molar-refractivity contribution in [2.45, 2.75) is 45.3 Å². The number of aromatic nitrogens is 1. The molecule has 0 unspecified atom stereocenters. The van der Waals surface area contributed by atoms with E-state index in [9.17, 15) is 4.79 Å². The fourth-order valence-electron chi connectivity index (χ4n) is 2.76. The van der Waals surface area contributed by atoms with Crippen LogP contribution in [-0.4, -0.2) is 28.1 Å². The number of halogens is 1. The lowest BCUT2D eigenvalue weighted by Gasteiger charge is -2.27. The fourth-order valence-corrected chi connectivity index (χ4v) is 4.00. The first-order valence-electron chi connectivity index (χ1n) is 8.04. The minimum atomic E-state index is -0.477. The van der Waals surface area contributed by atoms with Gasteiger partial charge in [-0.05, 0) is 45.7 Å². The third-order valence-electron chi connectivity index (χ3n) is 3.83. The van der Waals surface area contributed by atoms with Crippen LogP contribution in [0.1, 0.15) is 44.7 Å². The Morgan fingerprint density at radius 1 is 1.33 bits per heavy atom. The summed E-state index contributed by atoms with van der Waals surface area (Å²) < 4.78 is 6.59. The number of nitrogens with zero attached hydrogens (tertiary/aromatic N) is 2. The first-order valence-corrected chi connectivity index (χ1v) is 9.72. The Kier molecular flexibility index (Phi) is 4.97. The minimum Gasteiger partial charge on any atom is -0.444 e. The first kappa shape index (κ1) is 17.4. The number of thiazole rings is 1. The standard InChI is InChI=1S/C18H21BrN2O2S/c1-18(2,3)23-17(22)21-10-4-5-15(21)16-20-14(11-24-16)12-6-8-13(19)9-7-12/h6-9,11,15H,4-5,10H2,1-3H3/t15-/m0/s1. The Hall–Kier alpha value is -1.40. The fraction of sp³-hybridized carbons (Fsp3) is 0.444. The van der Waals surface area contributed by atoms with Crippen LogP contribution in [0.15, 0.2) is 34.1 Å². The van der Waals surface area contributed by atoms with Gasteiger partial charge in [0, 0.05) is 22.0 Å². The molecule has 6 heteroatoms. The smallest absolute Gasteiger partial charge is 0.410 e. The molecule has 0 aliphatic carbocycles. The highest BCUT2D eigenvalue weighted by molar-refractivity contribution is 9.10. The van der Waals surface area contributed by atoms with Gasteiger partial charge < -0.3 is 4.74 Å².